The lowest BCUT2D eigenvalue weighted by atomic mass is 10.3. The monoisotopic (exact) mass is 379 g/mol. The van der Waals surface area contributed by atoms with Crippen molar-refractivity contribution in [2.24, 2.45) is 5.73 Å². The molecule has 8 nitrogen and oxygen atoms in total. The summed E-state index contributed by atoms with van der Waals surface area (Å²) < 4.78 is 3.59. The highest BCUT2D eigenvalue weighted by Crippen LogP contribution is 2.33. The van der Waals surface area contributed by atoms with Crippen LogP contribution in [0.2, 0.25) is 0 Å². The van der Waals surface area contributed by atoms with Crippen molar-refractivity contribution in [3.8, 4) is 16.6 Å². The van der Waals surface area contributed by atoms with Crippen LogP contribution in [0.3, 0.4) is 0 Å². The molecule has 0 atom stereocenters. The summed E-state index contributed by atoms with van der Waals surface area (Å²) in [5.41, 5.74) is 10.4. The van der Waals surface area contributed by atoms with Gasteiger partial charge in [0.05, 0.1) is 11.4 Å². The van der Waals surface area contributed by atoms with Gasteiger partial charge in [0.2, 0.25) is 10.1 Å². The van der Waals surface area contributed by atoms with Crippen molar-refractivity contribution in [1.29, 1.82) is 0 Å². The summed E-state index contributed by atoms with van der Waals surface area (Å²) in [6, 6.07) is 5.90. The molecule has 0 radical (unpaired) electrons. The van der Waals surface area contributed by atoms with E-state index in [4.69, 9.17) is 10.7 Å². The average Bonchev–Trinajstić information content (AvgIpc) is 3.32. The molecule has 0 spiro atoms. The molecule has 2 N–H and O–H groups in total. The highest BCUT2D eigenvalue weighted by atomic mass is 32.1. The molecule has 1 aliphatic rings. The van der Waals surface area contributed by atoms with Crippen LogP contribution >= 0.6 is 11.3 Å². The number of fused-ring (bicyclic) bond motifs is 2. The Morgan fingerprint density at radius 3 is 2.81 bits per heavy atom. The number of imidazole rings is 2. The molecule has 9 heteroatoms. The Kier molecular flexibility index (Phi) is 3.41. The fraction of sp³-hybridized carbons (Fsp3) is 0.278. The van der Waals surface area contributed by atoms with Crippen molar-refractivity contribution in [2.45, 2.75) is 33.1 Å². The first-order chi connectivity index (χ1) is 13.0. The number of hydrogen-bond acceptors (Lipinski definition) is 6. The number of nitrogens with zero attached hydrogens (tertiary/aromatic N) is 6. The van der Waals surface area contributed by atoms with Crippen molar-refractivity contribution in [3.63, 3.8) is 0 Å². The second-order valence-electron chi connectivity index (χ2n) is 6.67. The number of primary amides is 1. The SMILES string of the molecule is Cc1cccc(-c2nc3c(n2-c2nn4c(C(N)=O)c(C)nc4s2)CCC3)n1. The number of rotatable bonds is 3. The highest BCUT2D eigenvalue weighted by molar-refractivity contribution is 7.19. The predicted molar refractivity (Wildman–Crippen MR) is 101 cm³/mol. The zero-order chi connectivity index (χ0) is 18.7. The van der Waals surface area contributed by atoms with Crippen LogP contribution in [-0.4, -0.2) is 35.0 Å². The maximum Gasteiger partial charge on any atom is 0.269 e. The zero-order valence-corrected chi connectivity index (χ0v) is 15.7. The standard InChI is InChI=1S/C18H17N7OS/c1-9-5-3-7-12(20-9)16-22-11-6-4-8-13(11)24(16)18-23-25-14(15(19)26)10(2)21-17(25)27-18/h3,5,7H,4,6,8H2,1-2H3,(H2,19,26). The lowest BCUT2D eigenvalue weighted by molar-refractivity contribution is 0.0993. The molecule has 4 aromatic rings. The van der Waals surface area contributed by atoms with E-state index in [1.54, 1.807) is 6.92 Å². The van der Waals surface area contributed by atoms with Gasteiger partial charge in [0.15, 0.2) is 11.5 Å². The number of hydrogen-bond donors (Lipinski definition) is 1. The van der Waals surface area contributed by atoms with Crippen LogP contribution in [0.15, 0.2) is 18.2 Å². The molecule has 5 rings (SSSR count). The molecule has 4 heterocycles. The Hall–Kier alpha value is -3.07. The predicted octanol–water partition coefficient (Wildman–Crippen LogP) is 2.24. The smallest absolute Gasteiger partial charge is 0.269 e. The third-order valence-electron chi connectivity index (χ3n) is 4.79. The van der Waals surface area contributed by atoms with E-state index in [0.717, 1.165) is 47.9 Å². The molecule has 136 valence electrons. The minimum absolute atomic E-state index is 0.319. The van der Waals surface area contributed by atoms with Gasteiger partial charge >= 0.3 is 0 Å². The van der Waals surface area contributed by atoms with Crippen molar-refractivity contribution in [2.75, 3.05) is 0 Å². The van der Waals surface area contributed by atoms with Gasteiger partial charge < -0.3 is 5.73 Å². The first kappa shape index (κ1) is 16.1. The maximum atomic E-state index is 11.8. The molecule has 0 bridgehead atoms. The molecular formula is C18H17N7OS. The highest BCUT2D eigenvalue weighted by Gasteiger charge is 2.27. The van der Waals surface area contributed by atoms with Crippen LogP contribution in [0.25, 0.3) is 21.6 Å². The lowest BCUT2D eigenvalue weighted by Crippen LogP contribution is -2.16. The average molecular weight is 379 g/mol. The number of carbonyl (C=O) groups is 1. The van der Waals surface area contributed by atoms with Gasteiger partial charge in [0.25, 0.3) is 5.91 Å². The van der Waals surface area contributed by atoms with E-state index >= 15 is 0 Å². The van der Waals surface area contributed by atoms with Gasteiger partial charge in [-0.15, -0.1) is 5.10 Å². The van der Waals surface area contributed by atoms with E-state index in [2.05, 4.69) is 19.6 Å². The van der Waals surface area contributed by atoms with E-state index in [-0.39, 0.29) is 0 Å². The number of pyridine rings is 1. The zero-order valence-electron chi connectivity index (χ0n) is 14.9. The van der Waals surface area contributed by atoms with Gasteiger partial charge in [-0.3, -0.25) is 9.36 Å². The summed E-state index contributed by atoms with van der Waals surface area (Å²) in [6.07, 6.45) is 2.97. The van der Waals surface area contributed by atoms with Crippen LogP contribution in [-0.2, 0) is 12.8 Å². The van der Waals surface area contributed by atoms with Gasteiger partial charge in [0, 0.05) is 11.4 Å². The van der Waals surface area contributed by atoms with Crippen LogP contribution in [0.4, 0.5) is 0 Å². The third-order valence-corrected chi connectivity index (χ3v) is 5.69. The summed E-state index contributed by atoms with van der Waals surface area (Å²) in [7, 11) is 0. The van der Waals surface area contributed by atoms with Crippen molar-refractivity contribution in [1.82, 2.24) is 29.1 Å². The summed E-state index contributed by atoms with van der Waals surface area (Å²) in [5.74, 6) is 0.242. The van der Waals surface area contributed by atoms with Gasteiger partial charge in [-0.05, 0) is 45.2 Å². The first-order valence-electron chi connectivity index (χ1n) is 8.74. The minimum atomic E-state index is -0.534. The summed E-state index contributed by atoms with van der Waals surface area (Å²) in [4.78, 5) is 26.4. The van der Waals surface area contributed by atoms with Gasteiger partial charge in [-0.1, -0.05) is 17.4 Å². The van der Waals surface area contributed by atoms with E-state index in [0.29, 0.717) is 21.5 Å². The Labute approximate surface area is 158 Å². The summed E-state index contributed by atoms with van der Waals surface area (Å²) in [6.45, 7) is 3.72. The summed E-state index contributed by atoms with van der Waals surface area (Å²) >= 11 is 1.41. The maximum absolute atomic E-state index is 11.8. The first-order valence-corrected chi connectivity index (χ1v) is 9.55. The number of nitrogens with two attached hydrogens (primary N) is 1. The fourth-order valence-corrected chi connectivity index (χ4v) is 4.61. The Morgan fingerprint density at radius 2 is 2.04 bits per heavy atom. The van der Waals surface area contributed by atoms with Crippen molar-refractivity contribution < 1.29 is 4.79 Å². The van der Waals surface area contributed by atoms with Crippen LogP contribution in [0.5, 0.6) is 0 Å². The molecule has 1 aliphatic carbocycles. The molecule has 0 saturated heterocycles. The Morgan fingerprint density at radius 1 is 1.19 bits per heavy atom. The molecule has 1 amide bonds. The van der Waals surface area contributed by atoms with Gasteiger partial charge in [0.1, 0.15) is 5.69 Å². The van der Waals surface area contributed by atoms with Crippen LogP contribution in [0.1, 0.15) is 39.7 Å². The van der Waals surface area contributed by atoms with Crippen molar-refractivity contribution >= 4 is 22.2 Å². The lowest BCUT2D eigenvalue weighted by Gasteiger charge is -2.07. The Bertz CT molecular complexity index is 1220. The molecule has 0 aromatic carbocycles. The second kappa shape index (κ2) is 5.71. The Balaban J connectivity index is 1.76. The van der Waals surface area contributed by atoms with Crippen LogP contribution in [0, 0.1) is 13.8 Å². The molecular weight excluding hydrogens is 362 g/mol. The minimum Gasteiger partial charge on any atom is -0.364 e. The second-order valence-corrected chi connectivity index (χ2v) is 7.61. The van der Waals surface area contributed by atoms with Gasteiger partial charge in [-0.2, -0.15) is 4.52 Å². The number of aryl methyl sites for hydroxylation is 3. The summed E-state index contributed by atoms with van der Waals surface area (Å²) in [5, 5.41) is 5.37. The van der Waals surface area contributed by atoms with E-state index in [1.807, 2.05) is 25.1 Å². The quantitative estimate of drug-likeness (QED) is 0.588. The molecule has 27 heavy (non-hydrogen) atoms. The molecule has 0 saturated carbocycles. The van der Waals surface area contributed by atoms with E-state index in [9.17, 15) is 4.79 Å². The fourth-order valence-electron chi connectivity index (χ4n) is 3.64. The largest absolute Gasteiger partial charge is 0.364 e. The molecule has 4 aromatic heterocycles. The molecule has 0 unspecified atom stereocenters. The number of carbonyl (C=O) groups excluding carboxylic acids is 1. The molecule has 0 fully saturated rings. The third kappa shape index (κ3) is 2.38. The van der Waals surface area contributed by atoms with Crippen LogP contribution < -0.4 is 5.73 Å². The van der Waals surface area contributed by atoms with E-state index < -0.39 is 5.91 Å². The van der Waals surface area contributed by atoms with Crippen molar-refractivity contribution in [3.05, 3.63) is 46.7 Å². The normalized spacial score (nSPS) is 13.4. The molecule has 0 aliphatic heterocycles. The number of amides is 1. The number of aromatic nitrogens is 6. The topological polar surface area (TPSA) is 104 Å². The van der Waals surface area contributed by atoms with E-state index in [1.165, 1.54) is 15.9 Å². The van der Waals surface area contributed by atoms with Gasteiger partial charge in [-0.25, -0.2) is 15.0 Å².